The van der Waals surface area contributed by atoms with Gasteiger partial charge in [0.2, 0.25) is 5.91 Å². The Hall–Kier alpha value is -3.04. The number of esters is 1. The number of hydrogen-bond donors (Lipinski definition) is 2. The van der Waals surface area contributed by atoms with E-state index in [1.807, 2.05) is 6.92 Å². The highest BCUT2D eigenvalue weighted by Crippen LogP contribution is 2.14. The molecule has 0 fully saturated rings. The van der Waals surface area contributed by atoms with Crippen LogP contribution in [0.2, 0.25) is 0 Å². The molecule has 0 radical (unpaired) electrons. The van der Waals surface area contributed by atoms with Gasteiger partial charge in [0.1, 0.15) is 12.4 Å². The van der Waals surface area contributed by atoms with Crippen molar-refractivity contribution >= 4 is 17.7 Å². The van der Waals surface area contributed by atoms with Gasteiger partial charge < -0.3 is 19.9 Å². The van der Waals surface area contributed by atoms with Gasteiger partial charge >= 0.3 is 11.7 Å². The number of carbonyl (C=O) groups excluding carboxylic acids is 2. The number of amides is 1. The monoisotopic (exact) mass is 389 g/mol. The van der Waals surface area contributed by atoms with Gasteiger partial charge in [0.15, 0.2) is 6.23 Å². The molecule has 1 heterocycles. The number of nitrogens with one attached hydrogen (secondary N) is 1. The summed E-state index contributed by atoms with van der Waals surface area (Å²) in [5.74, 6) is -0.828. The zero-order chi connectivity index (χ0) is 20.5. The van der Waals surface area contributed by atoms with Crippen LogP contribution >= 0.6 is 0 Å². The number of aliphatic hydroxyl groups is 1. The second kappa shape index (κ2) is 10.3. The first-order valence-corrected chi connectivity index (χ1v) is 8.79. The molecule has 0 aliphatic carbocycles. The van der Waals surface area contributed by atoms with Crippen LogP contribution in [-0.2, 0) is 14.3 Å². The Morgan fingerprint density at radius 3 is 2.54 bits per heavy atom. The third-order valence-corrected chi connectivity index (χ3v) is 3.82. The normalized spacial score (nSPS) is 12.8. The van der Waals surface area contributed by atoms with Crippen molar-refractivity contribution in [2.45, 2.75) is 32.6 Å². The van der Waals surface area contributed by atoms with Crippen molar-refractivity contribution in [3.63, 3.8) is 0 Å². The highest BCUT2D eigenvalue weighted by atomic mass is 16.6. The first kappa shape index (κ1) is 21.3. The zero-order valence-electron chi connectivity index (χ0n) is 15.7. The van der Waals surface area contributed by atoms with Crippen molar-refractivity contribution in [2.24, 2.45) is 0 Å². The summed E-state index contributed by atoms with van der Waals surface area (Å²) >= 11 is 0. The van der Waals surface area contributed by atoms with Crippen LogP contribution in [0.1, 0.15) is 36.9 Å². The fourth-order valence-corrected chi connectivity index (χ4v) is 2.36. The highest BCUT2D eigenvalue weighted by Gasteiger charge is 2.21. The van der Waals surface area contributed by atoms with E-state index in [2.05, 4.69) is 10.3 Å². The summed E-state index contributed by atoms with van der Waals surface area (Å²) < 4.78 is 12.2. The summed E-state index contributed by atoms with van der Waals surface area (Å²) in [5, 5.41) is 11.8. The molecule has 0 saturated heterocycles. The third-order valence-electron chi connectivity index (χ3n) is 3.82. The van der Waals surface area contributed by atoms with E-state index in [9.17, 15) is 19.5 Å². The van der Waals surface area contributed by atoms with E-state index in [1.165, 1.54) is 19.2 Å². The summed E-state index contributed by atoms with van der Waals surface area (Å²) in [7, 11) is 0. The lowest BCUT2D eigenvalue weighted by Crippen LogP contribution is -2.35. The van der Waals surface area contributed by atoms with Crippen molar-refractivity contribution < 1.29 is 24.2 Å². The Bertz CT molecular complexity index is 848. The van der Waals surface area contributed by atoms with Crippen LogP contribution in [0.15, 0.2) is 47.4 Å². The van der Waals surface area contributed by atoms with E-state index < -0.39 is 24.0 Å². The van der Waals surface area contributed by atoms with Gasteiger partial charge in [-0.05, 0) is 24.6 Å². The average Bonchev–Trinajstić information content (AvgIpc) is 2.69. The molecule has 2 rings (SSSR count). The van der Waals surface area contributed by atoms with Gasteiger partial charge in [0.25, 0.3) is 0 Å². The van der Waals surface area contributed by atoms with E-state index in [1.54, 1.807) is 30.3 Å². The number of aliphatic hydroxyl groups excluding tert-OH is 1. The van der Waals surface area contributed by atoms with E-state index >= 15 is 0 Å². The minimum absolute atomic E-state index is 0.1000. The largest absolute Gasteiger partial charge is 0.457 e. The molecule has 0 bridgehead atoms. The van der Waals surface area contributed by atoms with Crippen LogP contribution in [0.4, 0.5) is 5.82 Å². The lowest BCUT2D eigenvalue weighted by Gasteiger charge is -2.24. The van der Waals surface area contributed by atoms with Crippen LogP contribution in [0.3, 0.4) is 0 Å². The highest BCUT2D eigenvalue weighted by molar-refractivity contribution is 5.89. The fraction of sp³-hybridized carbons (Fsp3) is 0.368. The minimum atomic E-state index is -0.990. The van der Waals surface area contributed by atoms with Crippen LogP contribution in [0, 0.1) is 0 Å². The maximum Gasteiger partial charge on any atom is 0.351 e. The predicted octanol–water partition coefficient (Wildman–Crippen LogP) is 1.34. The number of aromatic nitrogens is 2. The van der Waals surface area contributed by atoms with Gasteiger partial charge in [0, 0.05) is 13.1 Å². The molecule has 9 heteroatoms. The Balaban J connectivity index is 2.20. The zero-order valence-corrected chi connectivity index (χ0v) is 15.7. The van der Waals surface area contributed by atoms with Crippen molar-refractivity contribution in [2.75, 3.05) is 18.5 Å². The molecule has 28 heavy (non-hydrogen) atoms. The van der Waals surface area contributed by atoms with E-state index in [-0.39, 0.29) is 24.9 Å². The molecule has 2 atom stereocenters. The molecule has 1 aromatic heterocycles. The summed E-state index contributed by atoms with van der Waals surface area (Å²) in [6.07, 6.45) is 0.329. The van der Waals surface area contributed by atoms with Crippen molar-refractivity contribution in [3.05, 3.63) is 58.6 Å². The minimum Gasteiger partial charge on any atom is -0.457 e. The van der Waals surface area contributed by atoms with Gasteiger partial charge in [-0.1, -0.05) is 25.1 Å². The number of benzene rings is 1. The number of anilines is 1. The van der Waals surface area contributed by atoms with Crippen molar-refractivity contribution in [1.29, 1.82) is 0 Å². The molecule has 0 aliphatic rings. The Kier molecular flexibility index (Phi) is 7.85. The van der Waals surface area contributed by atoms with Crippen LogP contribution in [-0.4, -0.2) is 45.9 Å². The molecule has 0 spiro atoms. The quantitative estimate of drug-likeness (QED) is 0.621. The van der Waals surface area contributed by atoms with E-state index in [0.717, 1.165) is 4.57 Å². The molecular formula is C19H23N3O6. The molecule has 1 aromatic carbocycles. The predicted molar refractivity (Wildman–Crippen MR) is 101 cm³/mol. The number of hydrogen-bond acceptors (Lipinski definition) is 7. The van der Waals surface area contributed by atoms with Gasteiger partial charge in [-0.2, -0.15) is 4.98 Å². The number of carbonyl (C=O) groups is 2. The Morgan fingerprint density at radius 1 is 1.25 bits per heavy atom. The lowest BCUT2D eigenvalue weighted by molar-refractivity contribution is -0.114. The second-order valence-corrected chi connectivity index (χ2v) is 5.95. The van der Waals surface area contributed by atoms with Gasteiger partial charge in [-0.15, -0.1) is 0 Å². The molecule has 9 nitrogen and oxygen atoms in total. The Labute approximate surface area is 161 Å². The molecule has 0 unspecified atom stereocenters. The third kappa shape index (κ3) is 6.00. The van der Waals surface area contributed by atoms with Gasteiger partial charge in [-0.3, -0.25) is 9.36 Å². The summed E-state index contributed by atoms with van der Waals surface area (Å²) in [5.41, 5.74) is -0.332. The fourth-order valence-electron chi connectivity index (χ4n) is 2.36. The molecule has 0 aliphatic heterocycles. The first-order valence-electron chi connectivity index (χ1n) is 8.79. The second-order valence-electron chi connectivity index (χ2n) is 5.95. The maximum atomic E-state index is 12.4. The molecule has 0 saturated carbocycles. The van der Waals surface area contributed by atoms with E-state index in [4.69, 9.17) is 9.47 Å². The molecular weight excluding hydrogens is 366 g/mol. The van der Waals surface area contributed by atoms with Crippen LogP contribution < -0.4 is 11.0 Å². The first-order chi connectivity index (χ1) is 13.4. The summed E-state index contributed by atoms with van der Waals surface area (Å²) in [6, 6.07) is 9.83. The molecule has 1 amide bonds. The summed E-state index contributed by atoms with van der Waals surface area (Å²) in [6.45, 7) is 2.60. The van der Waals surface area contributed by atoms with Crippen LogP contribution in [0.25, 0.3) is 0 Å². The summed E-state index contributed by atoms with van der Waals surface area (Å²) in [4.78, 5) is 39.4. The standard InChI is InChI=1S/C19H23N3O6/c1-3-15(11-23)28-17(12-27-18(25)14-7-5-4-6-8-14)22-10-9-16(20-13(2)24)21-19(22)26/h4-10,15,17,23H,3,11-12H2,1-2H3,(H,20,21,24,26)/t15-,17-/m1/s1. The van der Waals surface area contributed by atoms with Gasteiger partial charge in [-0.25, -0.2) is 9.59 Å². The van der Waals surface area contributed by atoms with Gasteiger partial charge in [0.05, 0.1) is 18.3 Å². The topological polar surface area (TPSA) is 120 Å². The molecule has 2 N–H and O–H groups in total. The van der Waals surface area contributed by atoms with Crippen LogP contribution in [0.5, 0.6) is 0 Å². The van der Waals surface area contributed by atoms with Crippen molar-refractivity contribution in [3.8, 4) is 0 Å². The van der Waals surface area contributed by atoms with Crippen molar-refractivity contribution in [1.82, 2.24) is 9.55 Å². The number of nitrogens with zero attached hydrogens (tertiary/aromatic N) is 2. The molecule has 2 aromatic rings. The van der Waals surface area contributed by atoms with E-state index in [0.29, 0.717) is 12.0 Å². The molecule has 150 valence electrons. The SMILES string of the molecule is CC[C@H](CO)O[C@H](COC(=O)c1ccccc1)n1ccc(NC(C)=O)nc1=O. The Morgan fingerprint density at radius 2 is 1.96 bits per heavy atom. The number of rotatable bonds is 9. The average molecular weight is 389 g/mol. The maximum absolute atomic E-state index is 12.4. The smallest absolute Gasteiger partial charge is 0.351 e. The lowest BCUT2D eigenvalue weighted by atomic mass is 10.2. The number of ether oxygens (including phenoxy) is 2.